The number of hydrogen-bond donors (Lipinski definition) is 1. The first kappa shape index (κ1) is 13.8. The molecule has 1 saturated carbocycles. The van der Waals surface area contributed by atoms with Gasteiger partial charge in [0.15, 0.2) is 6.04 Å². The smallest absolute Gasteiger partial charge is 0.331 e. The molecule has 1 aliphatic rings. The molecule has 1 aliphatic carbocycles. The second kappa shape index (κ2) is 5.19. The van der Waals surface area contributed by atoms with Crippen molar-refractivity contribution in [2.75, 3.05) is 0 Å². The van der Waals surface area contributed by atoms with E-state index in [2.05, 4.69) is 15.9 Å². The molecule has 0 radical (unpaired) electrons. The fraction of sp³-hybridized carbons (Fsp3) is 0.455. The molecule has 1 unspecified atom stereocenters. The second-order valence-corrected chi connectivity index (χ2v) is 6.71. The lowest BCUT2D eigenvalue weighted by molar-refractivity contribution is -0.150. The molecule has 1 heterocycles. The Kier molecular flexibility index (Phi) is 3.99. The van der Waals surface area contributed by atoms with Crippen LogP contribution in [0.2, 0.25) is 4.34 Å². The van der Waals surface area contributed by atoms with Crippen LogP contribution in [-0.2, 0) is 9.59 Å². The van der Waals surface area contributed by atoms with E-state index in [0.29, 0.717) is 13.7 Å². The highest BCUT2D eigenvalue weighted by Crippen LogP contribution is 2.41. The van der Waals surface area contributed by atoms with Crippen LogP contribution in [0.25, 0.3) is 0 Å². The molecule has 0 bridgehead atoms. The summed E-state index contributed by atoms with van der Waals surface area (Å²) in [6.07, 6.45) is 1.73. The van der Waals surface area contributed by atoms with Crippen LogP contribution in [0, 0.1) is 0 Å². The van der Waals surface area contributed by atoms with E-state index in [4.69, 9.17) is 11.6 Å². The number of carboxylic acid groups (broad SMARTS) is 1. The normalized spacial score (nSPS) is 16.4. The Hall–Kier alpha value is -0.590. The zero-order chi connectivity index (χ0) is 13.4. The van der Waals surface area contributed by atoms with Crippen molar-refractivity contribution < 1.29 is 14.7 Å². The van der Waals surface area contributed by atoms with Gasteiger partial charge in [0.05, 0.1) is 0 Å². The third-order valence-electron chi connectivity index (χ3n) is 2.75. The van der Waals surface area contributed by atoms with Crippen molar-refractivity contribution in [3.8, 4) is 0 Å². The number of thiophene rings is 1. The molecular weight excluding hydrogens is 342 g/mol. The van der Waals surface area contributed by atoms with Gasteiger partial charge in [-0.2, -0.15) is 0 Å². The van der Waals surface area contributed by atoms with E-state index >= 15 is 0 Å². The van der Waals surface area contributed by atoms with Gasteiger partial charge in [0.1, 0.15) is 4.34 Å². The van der Waals surface area contributed by atoms with Gasteiger partial charge in [-0.1, -0.05) is 11.6 Å². The van der Waals surface area contributed by atoms with Gasteiger partial charge in [-0.05, 0) is 34.8 Å². The number of carbonyl (C=O) groups excluding carboxylic acids is 1. The predicted octanol–water partition coefficient (Wildman–Crippen LogP) is 3.30. The maximum Gasteiger partial charge on any atom is 0.331 e. The molecule has 1 N–H and O–H groups in total. The van der Waals surface area contributed by atoms with Crippen molar-refractivity contribution in [1.29, 1.82) is 0 Å². The van der Waals surface area contributed by atoms with Crippen molar-refractivity contribution >= 4 is 50.7 Å². The van der Waals surface area contributed by atoms with Gasteiger partial charge in [-0.25, -0.2) is 4.79 Å². The predicted molar refractivity (Wildman–Crippen MR) is 72.9 cm³/mol. The van der Waals surface area contributed by atoms with E-state index < -0.39 is 12.0 Å². The number of rotatable bonds is 4. The van der Waals surface area contributed by atoms with Crippen LogP contribution in [0.4, 0.5) is 0 Å². The maximum absolute atomic E-state index is 11.7. The molecule has 18 heavy (non-hydrogen) atoms. The van der Waals surface area contributed by atoms with Crippen LogP contribution in [0.15, 0.2) is 10.5 Å². The fourth-order valence-electron chi connectivity index (χ4n) is 1.88. The number of amides is 1. The van der Waals surface area contributed by atoms with E-state index in [1.807, 2.05) is 0 Å². The van der Waals surface area contributed by atoms with Crippen LogP contribution in [0.5, 0.6) is 0 Å². The number of hydrogen-bond acceptors (Lipinski definition) is 3. The minimum atomic E-state index is -1.03. The third-order valence-corrected chi connectivity index (χ3v) is 5.28. The zero-order valence-electron chi connectivity index (χ0n) is 9.52. The number of carbonyl (C=O) groups is 2. The Morgan fingerprint density at radius 3 is 2.56 bits per heavy atom. The molecule has 98 valence electrons. The Morgan fingerprint density at radius 1 is 1.61 bits per heavy atom. The lowest BCUT2D eigenvalue weighted by Gasteiger charge is -2.27. The zero-order valence-corrected chi connectivity index (χ0v) is 12.7. The lowest BCUT2D eigenvalue weighted by Crippen LogP contribution is -2.38. The highest BCUT2D eigenvalue weighted by molar-refractivity contribution is 9.10. The van der Waals surface area contributed by atoms with Crippen molar-refractivity contribution in [3.05, 3.63) is 19.8 Å². The summed E-state index contributed by atoms with van der Waals surface area (Å²) < 4.78 is 1.16. The molecule has 4 nitrogen and oxygen atoms in total. The minimum Gasteiger partial charge on any atom is -0.479 e. The Balaban J connectivity index is 2.38. The second-order valence-electron chi connectivity index (χ2n) is 4.17. The third kappa shape index (κ3) is 2.70. The summed E-state index contributed by atoms with van der Waals surface area (Å²) in [6, 6.07) is 0.774. The van der Waals surface area contributed by atoms with E-state index in [1.165, 1.54) is 23.2 Å². The van der Waals surface area contributed by atoms with Crippen LogP contribution in [-0.4, -0.2) is 27.9 Å². The largest absolute Gasteiger partial charge is 0.479 e. The summed E-state index contributed by atoms with van der Waals surface area (Å²) in [7, 11) is 0. The van der Waals surface area contributed by atoms with E-state index in [-0.39, 0.29) is 11.9 Å². The number of halogens is 2. The van der Waals surface area contributed by atoms with Crippen LogP contribution in [0.3, 0.4) is 0 Å². The molecule has 1 aromatic heterocycles. The summed E-state index contributed by atoms with van der Waals surface area (Å²) in [6.45, 7) is 1.40. The van der Waals surface area contributed by atoms with Crippen molar-refractivity contribution in [2.45, 2.75) is 31.8 Å². The van der Waals surface area contributed by atoms with Crippen LogP contribution >= 0.6 is 38.9 Å². The average molecular weight is 353 g/mol. The maximum atomic E-state index is 11.7. The molecule has 0 saturated heterocycles. The summed E-state index contributed by atoms with van der Waals surface area (Å²) in [4.78, 5) is 25.1. The van der Waals surface area contributed by atoms with Crippen molar-refractivity contribution in [3.63, 3.8) is 0 Å². The van der Waals surface area contributed by atoms with Gasteiger partial charge in [0.25, 0.3) is 0 Å². The first-order valence-corrected chi connectivity index (χ1v) is 7.37. The first-order chi connectivity index (χ1) is 8.41. The van der Waals surface area contributed by atoms with Gasteiger partial charge in [0.2, 0.25) is 5.91 Å². The summed E-state index contributed by atoms with van der Waals surface area (Å²) in [5.41, 5.74) is 0. The summed E-state index contributed by atoms with van der Waals surface area (Å²) in [5.74, 6) is -1.24. The van der Waals surface area contributed by atoms with Gasteiger partial charge < -0.3 is 10.0 Å². The quantitative estimate of drug-likeness (QED) is 0.904. The Labute approximate surface area is 122 Å². The van der Waals surface area contributed by atoms with E-state index in [9.17, 15) is 14.7 Å². The molecule has 1 aromatic rings. The Morgan fingerprint density at radius 2 is 2.22 bits per heavy atom. The number of nitrogens with zero attached hydrogens (tertiary/aromatic N) is 1. The molecule has 1 atom stereocenters. The first-order valence-electron chi connectivity index (χ1n) is 5.38. The van der Waals surface area contributed by atoms with Crippen molar-refractivity contribution in [2.24, 2.45) is 0 Å². The van der Waals surface area contributed by atoms with Gasteiger partial charge in [-0.3, -0.25) is 4.79 Å². The fourth-order valence-corrected chi connectivity index (χ4v) is 3.71. The monoisotopic (exact) mass is 351 g/mol. The lowest BCUT2D eigenvalue weighted by atomic mass is 10.2. The highest BCUT2D eigenvalue weighted by atomic mass is 79.9. The molecular formula is C11H11BrClNO3S. The Bertz CT molecular complexity index is 481. The molecule has 1 fully saturated rings. The van der Waals surface area contributed by atoms with Crippen molar-refractivity contribution in [1.82, 2.24) is 4.90 Å². The van der Waals surface area contributed by atoms with Gasteiger partial charge >= 0.3 is 5.97 Å². The van der Waals surface area contributed by atoms with Gasteiger partial charge in [0, 0.05) is 22.3 Å². The van der Waals surface area contributed by atoms with E-state index in [0.717, 1.165) is 12.8 Å². The van der Waals surface area contributed by atoms with Crippen LogP contribution in [0.1, 0.15) is 30.7 Å². The van der Waals surface area contributed by atoms with Crippen LogP contribution < -0.4 is 0 Å². The standard InChI is InChI=1S/C11H11BrClNO3S/c1-5(15)14(6-2-3-6)9(11(16)17)8-4-7(12)10(13)18-8/h4,6,9H,2-3H2,1H3,(H,16,17). The van der Waals surface area contributed by atoms with Gasteiger partial charge in [-0.15, -0.1) is 11.3 Å². The van der Waals surface area contributed by atoms with E-state index in [1.54, 1.807) is 6.07 Å². The molecule has 0 aromatic carbocycles. The number of aliphatic carboxylic acids is 1. The topological polar surface area (TPSA) is 57.6 Å². The minimum absolute atomic E-state index is 0.0447. The number of carboxylic acids is 1. The SMILES string of the molecule is CC(=O)N(C1CC1)C(C(=O)O)c1cc(Br)c(Cl)s1. The molecule has 2 rings (SSSR count). The highest BCUT2D eigenvalue weighted by Gasteiger charge is 2.40. The molecule has 0 aliphatic heterocycles. The summed E-state index contributed by atoms with van der Waals surface area (Å²) in [5, 5.41) is 9.38. The molecule has 7 heteroatoms. The summed E-state index contributed by atoms with van der Waals surface area (Å²) >= 11 is 10.4. The molecule has 1 amide bonds. The average Bonchev–Trinajstić information content (AvgIpc) is 3.02. The molecule has 0 spiro atoms.